The van der Waals surface area contributed by atoms with Gasteiger partial charge in [0.25, 0.3) is 5.91 Å². The number of anilines is 1. The first-order valence-electron chi connectivity index (χ1n) is 8.33. The molecule has 0 radical (unpaired) electrons. The van der Waals surface area contributed by atoms with Gasteiger partial charge in [0, 0.05) is 24.2 Å². The second-order valence-corrected chi connectivity index (χ2v) is 6.28. The highest BCUT2D eigenvalue weighted by molar-refractivity contribution is 6.32. The second kappa shape index (κ2) is 8.10. The molecule has 3 rings (SSSR count). The zero-order chi connectivity index (χ0) is 18.5. The number of amides is 2. The minimum atomic E-state index is -0.273. The highest BCUT2D eigenvalue weighted by Gasteiger charge is 2.20. The van der Waals surface area contributed by atoms with Crippen LogP contribution in [-0.4, -0.2) is 18.6 Å². The lowest BCUT2D eigenvalue weighted by atomic mass is 10.1. The molecule has 0 saturated carbocycles. The van der Waals surface area contributed by atoms with Gasteiger partial charge in [0.1, 0.15) is 0 Å². The maximum absolute atomic E-state index is 12.4. The van der Waals surface area contributed by atoms with E-state index in [1.807, 2.05) is 31.2 Å². The number of hydrogen-bond donors (Lipinski definition) is 2. The van der Waals surface area contributed by atoms with Gasteiger partial charge in [0.2, 0.25) is 12.7 Å². The molecule has 1 heterocycles. The molecule has 2 amide bonds. The van der Waals surface area contributed by atoms with Crippen molar-refractivity contribution in [3.63, 3.8) is 0 Å². The summed E-state index contributed by atoms with van der Waals surface area (Å²) in [4.78, 5) is 24.1. The van der Waals surface area contributed by atoms with E-state index < -0.39 is 0 Å². The molecule has 2 aromatic rings. The lowest BCUT2D eigenvalue weighted by Crippen LogP contribution is -2.22. The molecule has 1 aliphatic heterocycles. The lowest BCUT2D eigenvalue weighted by Gasteiger charge is -2.09. The standard InChI is InChI=1S/C19H19ClN2O4/c1-2-4-17(23)22-14-6-3-5-12(7-14)10-21-19(24)13-8-15(20)18-16(9-13)25-11-26-18/h3,5-9H,2,4,10-11H2,1H3,(H,21,24)(H,22,23). The SMILES string of the molecule is CCCC(=O)Nc1cccc(CNC(=O)c2cc(Cl)c3c(c2)OCO3)c1. The van der Waals surface area contributed by atoms with Crippen LogP contribution in [0.1, 0.15) is 35.7 Å². The Bertz CT molecular complexity index is 838. The zero-order valence-corrected chi connectivity index (χ0v) is 15.1. The quantitative estimate of drug-likeness (QED) is 0.807. The number of fused-ring (bicyclic) bond motifs is 1. The Morgan fingerprint density at radius 1 is 1.19 bits per heavy atom. The van der Waals surface area contributed by atoms with Crippen molar-refractivity contribution >= 4 is 29.1 Å². The van der Waals surface area contributed by atoms with Crippen molar-refractivity contribution in [2.24, 2.45) is 0 Å². The van der Waals surface area contributed by atoms with Gasteiger partial charge in [-0.3, -0.25) is 9.59 Å². The second-order valence-electron chi connectivity index (χ2n) is 5.87. The smallest absolute Gasteiger partial charge is 0.251 e. The van der Waals surface area contributed by atoms with Crippen LogP contribution in [0.3, 0.4) is 0 Å². The third kappa shape index (κ3) is 4.26. The highest BCUT2D eigenvalue weighted by Crippen LogP contribution is 2.39. The Balaban J connectivity index is 1.63. The molecule has 2 aromatic carbocycles. The number of carbonyl (C=O) groups excluding carboxylic acids is 2. The summed E-state index contributed by atoms with van der Waals surface area (Å²) in [5.74, 6) is 0.622. The Kier molecular flexibility index (Phi) is 5.63. The molecule has 7 heteroatoms. The maximum atomic E-state index is 12.4. The summed E-state index contributed by atoms with van der Waals surface area (Å²) >= 11 is 6.11. The van der Waals surface area contributed by atoms with Gasteiger partial charge in [-0.05, 0) is 36.2 Å². The first kappa shape index (κ1) is 18.1. The van der Waals surface area contributed by atoms with E-state index in [-0.39, 0.29) is 18.6 Å². The number of halogens is 1. The molecular formula is C19H19ClN2O4. The minimum Gasteiger partial charge on any atom is -0.454 e. The summed E-state index contributed by atoms with van der Waals surface area (Å²) < 4.78 is 10.5. The summed E-state index contributed by atoms with van der Waals surface area (Å²) in [6.07, 6.45) is 1.27. The van der Waals surface area contributed by atoms with Gasteiger partial charge >= 0.3 is 0 Å². The van der Waals surface area contributed by atoms with Crippen LogP contribution in [-0.2, 0) is 11.3 Å². The fourth-order valence-electron chi connectivity index (χ4n) is 2.59. The zero-order valence-electron chi connectivity index (χ0n) is 14.3. The fourth-order valence-corrected chi connectivity index (χ4v) is 2.86. The van der Waals surface area contributed by atoms with Gasteiger partial charge in [-0.1, -0.05) is 30.7 Å². The number of rotatable bonds is 6. The van der Waals surface area contributed by atoms with E-state index in [9.17, 15) is 9.59 Å². The highest BCUT2D eigenvalue weighted by atomic mass is 35.5. The Labute approximate surface area is 156 Å². The van der Waals surface area contributed by atoms with Crippen molar-refractivity contribution < 1.29 is 19.1 Å². The normalized spacial score (nSPS) is 11.9. The van der Waals surface area contributed by atoms with Gasteiger partial charge in [-0.2, -0.15) is 0 Å². The van der Waals surface area contributed by atoms with Gasteiger partial charge in [0.15, 0.2) is 11.5 Å². The number of benzene rings is 2. The molecular weight excluding hydrogens is 356 g/mol. The van der Waals surface area contributed by atoms with Crippen LogP contribution in [0.4, 0.5) is 5.69 Å². The molecule has 0 fully saturated rings. The number of carbonyl (C=O) groups is 2. The molecule has 2 N–H and O–H groups in total. The minimum absolute atomic E-state index is 0.0244. The van der Waals surface area contributed by atoms with Crippen LogP contribution in [0.25, 0.3) is 0 Å². The van der Waals surface area contributed by atoms with Crippen molar-refractivity contribution in [1.29, 1.82) is 0 Å². The maximum Gasteiger partial charge on any atom is 0.251 e. The molecule has 0 bridgehead atoms. The average molecular weight is 375 g/mol. The summed E-state index contributed by atoms with van der Waals surface area (Å²) in [5, 5.41) is 6.01. The largest absolute Gasteiger partial charge is 0.454 e. The van der Waals surface area contributed by atoms with Crippen LogP contribution in [0.15, 0.2) is 36.4 Å². The van der Waals surface area contributed by atoms with Gasteiger partial charge in [-0.15, -0.1) is 0 Å². The number of hydrogen-bond acceptors (Lipinski definition) is 4. The Morgan fingerprint density at radius 2 is 2.04 bits per heavy atom. The third-order valence-corrected chi connectivity index (χ3v) is 4.11. The van der Waals surface area contributed by atoms with Gasteiger partial charge in [-0.25, -0.2) is 0 Å². The predicted molar refractivity (Wildman–Crippen MR) is 98.7 cm³/mol. The molecule has 1 aliphatic rings. The van der Waals surface area contributed by atoms with Crippen LogP contribution >= 0.6 is 11.6 Å². The molecule has 6 nitrogen and oxygen atoms in total. The Hall–Kier alpha value is -2.73. The van der Waals surface area contributed by atoms with Crippen molar-refractivity contribution in [2.45, 2.75) is 26.3 Å². The fraction of sp³-hybridized carbons (Fsp3) is 0.263. The summed E-state index contributed by atoms with van der Waals surface area (Å²) in [7, 11) is 0. The molecule has 0 spiro atoms. The van der Waals surface area contributed by atoms with Crippen LogP contribution < -0.4 is 20.1 Å². The molecule has 0 saturated heterocycles. The van der Waals surface area contributed by atoms with Crippen LogP contribution in [0, 0.1) is 0 Å². The van der Waals surface area contributed by atoms with E-state index in [1.165, 1.54) is 0 Å². The first-order chi connectivity index (χ1) is 12.6. The molecule has 0 unspecified atom stereocenters. The number of ether oxygens (including phenoxy) is 2. The van der Waals surface area contributed by atoms with Crippen molar-refractivity contribution in [3.8, 4) is 11.5 Å². The monoisotopic (exact) mass is 374 g/mol. The average Bonchev–Trinajstić information content (AvgIpc) is 3.09. The molecule has 0 atom stereocenters. The topological polar surface area (TPSA) is 76.7 Å². The van der Waals surface area contributed by atoms with Crippen LogP contribution in [0.2, 0.25) is 5.02 Å². The van der Waals surface area contributed by atoms with E-state index in [0.29, 0.717) is 40.7 Å². The van der Waals surface area contributed by atoms with Crippen molar-refractivity contribution in [2.75, 3.05) is 12.1 Å². The lowest BCUT2D eigenvalue weighted by molar-refractivity contribution is -0.116. The van der Waals surface area contributed by atoms with Crippen molar-refractivity contribution in [1.82, 2.24) is 5.32 Å². The predicted octanol–water partition coefficient (Wildman–Crippen LogP) is 3.74. The Morgan fingerprint density at radius 3 is 2.85 bits per heavy atom. The summed E-state index contributed by atoms with van der Waals surface area (Å²) in [5.41, 5.74) is 1.98. The molecule has 136 valence electrons. The van der Waals surface area contributed by atoms with Gasteiger partial charge < -0.3 is 20.1 Å². The first-order valence-corrected chi connectivity index (χ1v) is 8.70. The summed E-state index contributed by atoms with van der Waals surface area (Å²) in [6, 6.07) is 10.5. The number of nitrogens with one attached hydrogen (secondary N) is 2. The molecule has 0 aromatic heterocycles. The van der Waals surface area contributed by atoms with E-state index in [1.54, 1.807) is 12.1 Å². The van der Waals surface area contributed by atoms with E-state index >= 15 is 0 Å². The molecule has 0 aliphatic carbocycles. The van der Waals surface area contributed by atoms with Crippen molar-refractivity contribution in [3.05, 3.63) is 52.5 Å². The molecule has 26 heavy (non-hydrogen) atoms. The van der Waals surface area contributed by atoms with Gasteiger partial charge in [0.05, 0.1) is 5.02 Å². The third-order valence-electron chi connectivity index (χ3n) is 3.83. The van der Waals surface area contributed by atoms with E-state index in [2.05, 4.69) is 10.6 Å². The van der Waals surface area contributed by atoms with E-state index in [4.69, 9.17) is 21.1 Å². The summed E-state index contributed by atoms with van der Waals surface area (Å²) in [6.45, 7) is 2.37. The van der Waals surface area contributed by atoms with Crippen LogP contribution in [0.5, 0.6) is 11.5 Å². The van der Waals surface area contributed by atoms with E-state index in [0.717, 1.165) is 12.0 Å².